The number of piperidine rings is 1. The van der Waals surface area contributed by atoms with E-state index in [9.17, 15) is 9.18 Å². The highest BCUT2D eigenvalue weighted by atomic mass is 19.1. The first-order valence-electron chi connectivity index (χ1n) is 7.53. The number of nitrogens with one attached hydrogen (secondary N) is 1. The van der Waals surface area contributed by atoms with Gasteiger partial charge in [-0.1, -0.05) is 12.1 Å². The summed E-state index contributed by atoms with van der Waals surface area (Å²) >= 11 is 0. The van der Waals surface area contributed by atoms with Gasteiger partial charge in [-0.05, 0) is 50.3 Å². The van der Waals surface area contributed by atoms with E-state index in [0.717, 1.165) is 32.5 Å². The third kappa shape index (κ3) is 2.70. The van der Waals surface area contributed by atoms with Crippen LogP contribution in [-0.4, -0.2) is 36.5 Å². The zero-order valence-corrected chi connectivity index (χ0v) is 11.6. The zero-order chi connectivity index (χ0) is 13.9. The molecule has 0 aliphatic carbocycles. The molecule has 1 unspecified atom stereocenters. The Morgan fingerprint density at radius 1 is 1.20 bits per heavy atom. The van der Waals surface area contributed by atoms with Crippen molar-refractivity contribution in [3.8, 4) is 0 Å². The number of hydrogen-bond donors (Lipinski definition) is 1. The topological polar surface area (TPSA) is 32.3 Å². The van der Waals surface area contributed by atoms with Gasteiger partial charge in [0.2, 0.25) is 0 Å². The molecule has 0 saturated carbocycles. The normalized spacial score (nSPS) is 24.1. The summed E-state index contributed by atoms with van der Waals surface area (Å²) in [5.74, 6) is 0.0835. The van der Waals surface area contributed by atoms with Crippen LogP contribution in [0.15, 0.2) is 24.3 Å². The van der Waals surface area contributed by atoms with Crippen LogP contribution in [0.5, 0.6) is 0 Å². The molecule has 1 amide bonds. The van der Waals surface area contributed by atoms with E-state index in [1.54, 1.807) is 23.1 Å². The summed E-state index contributed by atoms with van der Waals surface area (Å²) in [6.45, 7) is 2.62. The largest absolute Gasteiger partial charge is 0.339 e. The first-order valence-corrected chi connectivity index (χ1v) is 7.53. The highest BCUT2D eigenvalue weighted by Gasteiger charge is 2.30. The lowest BCUT2D eigenvalue weighted by atomic mass is 9.88. The number of benzene rings is 1. The van der Waals surface area contributed by atoms with Gasteiger partial charge in [0, 0.05) is 19.1 Å². The molecule has 2 aliphatic heterocycles. The number of halogens is 1. The molecular formula is C16H21FN2O. The quantitative estimate of drug-likeness (QED) is 0.900. The van der Waals surface area contributed by atoms with Crippen molar-refractivity contribution < 1.29 is 9.18 Å². The maximum atomic E-state index is 13.7. The van der Waals surface area contributed by atoms with Crippen LogP contribution in [0.4, 0.5) is 4.39 Å². The van der Waals surface area contributed by atoms with Crippen molar-refractivity contribution in [2.45, 2.75) is 31.7 Å². The first kappa shape index (κ1) is 13.6. The fourth-order valence-corrected chi connectivity index (χ4v) is 3.42. The molecular weight excluding hydrogens is 255 g/mol. The van der Waals surface area contributed by atoms with E-state index < -0.39 is 5.82 Å². The van der Waals surface area contributed by atoms with Crippen LogP contribution >= 0.6 is 0 Å². The van der Waals surface area contributed by atoms with E-state index in [2.05, 4.69) is 5.32 Å². The average Bonchev–Trinajstić information content (AvgIpc) is 3.01. The molecule has 2 saturated heterocycles. The van der Waals surface area contributed by atoms with Gasteiger partial charge in [0.05, 0.1) is 5.56 Å². The smallest absolute Gasteiger partial charge is 0.256 e. The summed E-state index contributed by atoms with van der Waals surface area (Å²) in [6.07, 6.45) is 4.57. The Balaban J connectivity index is 1.60. The van der Waals surface area contributed by atoms with Crippen molar-refractivity contribution in [3.63, 3.8) is 0 Å². The molecule has 108 valence electrons. The predicted octanol–water partition coefficient (Wildman–Crippen LogP) is 2.43. The summed E-state index contributed by atoms with van der Waals surface area (Å²) in [5.41, 5.74) is 0.199. The van der Waals surface area contributed by atoms with Gasteiger partial charge in [-0.25, -0.2) is 4.39 Å². The lowest BCUT2D eigenvalue weighted by Crippen LogP contribution is -2.43. The van der Waals surface area contributed by atoms with Crippen LogP contribution in [-0.2, 0) is 0 Å². The predicted molar refractivity (Wildman–Crippen MR) is 76.1 cm³/mol. The van der Waals surface area contributed by atoms with Crippen LogP contribution in [0, 0.1) is 11.7 Å². The first-order chi connectivity index (χ1) is 9.75. The number of amides is 1. The fraction of sp³-hybridized carbons (Fsp3) is 0.562. The molecule has 2 aliphatic rings. The Bertz CT molecular complexity index is 477. The van der Waals surface area contributed by atoms with Gasteiger partial charge >= 0.3 is 0 Å². The van der Waals surface area contributed by atoms with Gasteiger partial charge in [-0.2, -0.15) is 0 Å². The highest BCUT2D eigenvalue weighted by Crippen LogP contribution is 2.26. The molecule has 0 spiro atoms. The monoisotopic (exact) mass is 276 g/mol. The van der Waals surface area contributed by atoms with E-state index in [0.29, 0.717) is 12.0 Å². The average molecular weight is 276 g/mol. The number of nitrogens with zero attached hydrogens (tertiary/aromatic N) is 1. The second kappa shape index (κ2) is 5.92. The van der Waals surface area contributed by atoms with Crippen molar-refractivity contribution in [2.75, 3.05) is 19.6 Å². The Morgan fingerprint density at radius 2 is 1.95 bits per heavy atom. The molecule has 3 rings (SSSR count). The van der Waals surface area contributed by atoms with Crippen LogP contribution in [0.1, 0.15) is 36.0 Å². The minimum atomic E-state index is -0.419. The van der Waals surface area contributed by atoms with E-state index >= 15 is 0 Å². The molecule has 0 bridgehead atoms. The third-order valence-corrected chi connectivity index (χ3v) is 4.60. The Hall–Kier alpha value is -1.42. The summed E-state index contributed by atoms with van der Waals surface area (Å²) in [7, 11) is 0. The highest BCUT2D eigenvalue weighted by molar-refractivity contribution is 5.94. The molecule has 1 aromatic rings. The van der Waals surface area contributed by atoms with Gasteiger partial charge in [-0.3, -0.25) is 4.79 Å². The van der Waals surface area contributed by atoms with Gasteiger partial charge < -0.3 is 10.2 Å². The van der Waals surface area contributed by atoms with E-state index in [4.69, 9.17) is 0 Å². The molecule has 20 heavy (non-hydrogen) atoms. The summed E-state index contributed by atoms with van der Waals surface area (Å²) < 4.78 is 13.7. The molecule has 1 aromatic carbocycles. The molecule has 3 nitrogen and oxygen atoms in total. The fourth-order valence-electron chi connectivity index (χ4n) is 3.42. The van der Waals surface area contributed by atoms with E-state index in [1.807, 2.05) is 0 Å². The number of rotatable bonds is 2. The number of carbonyl (C=O) groups excluding carboxylic acids is 1. The molecule has 2 heterocycles. The van der Waals surface area contributed by atoms with E-state index in [1.165, 1.54) is 18.9 Å². The number of hydrogen-bond acceptors (Lipinski definition) is 2. The van der Waals surface area contributed by atoms with Gasteiger partial charge in [0.25, 0.3) is 5.91 Å². The van der Waals surface area contributed by atoms with Crippen molar-refractivity contribution in [3.05, 3.63) is 35.6 Å². The lowest BCUT2D eigenvalue weighted by Gasteiger charge is -2.35. The molecule has 0 aromatic heterocycles. The zero-order valence-electron chi connectivity index (χ0n) is 11.6. The van der Waals surface area contributed by atoms with Gasteiger partial charge in [-0.15, -0.1) is 0 Å². The minimum absolute atomic E-state index is 0.166. The van der Waals surface area contributed by atoms with Crippen LogP contribution in [0.25, 0.3) is 0 Å². The standard InChI is InChI=1S/C16H21FN2O/c17-14-5-2-1-4-13(14)16(20)19-10-7-12(8-11-19)15-6-3-9-18-15/h1-2,4-5,12,15,18H,3,6-11H2. The maximum absolute atomic E-state index is 13.7. The van der Waals surface area contributed by atoms with Crippen LogP contribution in [0.3, 0.4) is 0 Å². The molecule has 0 radical (unpaired) electrons. The minimum Gasteiger partial charge on any atom is -0.339 e. The Labute approximate surface area is 119 Å². The van der Waals surface area contributed by atoms with Crippen LogP contribution < -0.4 is 5.32 Å². The molecule has 4 heteroatoms. The summed E-state index contributed by atoms with van der Waals surface area (Å²) in [4.78, 5) is 14.1. The van der Waals surface area contributed by atoms with Crippen LogP contribution in [0.2, 0.25) is 0 Å². The summed E-state index contributed by atoms with van der Waals surface area (Å²) in [6, 6.07) is 6.88. The van der Waals surface area contributed by atoms with E-state index in [-0.39, 0.29) is 11.5 Å². The molecule has 1 N–H and O–H groups in total. The van der Waals surface area contributed by atoms with Crippen molar-refractivity contribution >= 4 is 5.91 Å². The van der Waals surface area contributed by atoms with Gasteiger partial charge in [0.15, 0.2) is 0 Å². The Morgan fingerprint density at radius 3 is 2.60 bits per heavy atom. The maximum Gasteiger partial charge on any atom is 0.256 e. The van der Waals surface area contributed by atoms with Crippen molar-refractivity contribution in [1.29, 1.82) is 0 Å². The summed E-state index contributed by atoms with van der Waals surface area (Å²) in [5, 5.41) is 3.55. The molecule has 2 fully saturated rings. The Kier molecular flexibility index (Phi) is 4.01. The second-order valence-electron chi connectivity index (χ2n) is 5.81. The third-order valence-electron chi connectivity index (χ3n) is 4.60. The van der Waals surface area contributed by atoms with Crippen molar-refractivity contribution in [1.82, 2.24) is 10.2 Å². The second-order valence-corrected chi connectivity index (χ2v) is 5.81. The van der Waals surface area contributed by atoms with Gasteiger partial charge in [0.1, 0.15) is 5.82 Å². The lowest BCUT2D eigenvalue weighted by molar-refractivity contribution is 0.0670. The molecule has 1 atom stereocenters. The number of likely N-dealkylation sites (tertiary alicyclic amines) is 1. The SMILES string of the molecule is O=C(c1ccccc1F)N1CCC(C2CCCN2)CC1. The van der Waals surface area contributed by atoms with Crippen molar-refractivity contribution in [2.24, 2.45) is 5.92 Å². The number of carbonyl (C=O) groups is 1.